The average molecular weight is 520 g/mol. The number of anilines is 1. The number of H-pyrrole nitrogens is 1. The van der Waals surface area contributed by atoms with Crippen LogP contribution in [0.25, 0.3) is 27.8 Å². The molecule has 1 aliphatic carbocycles. The van der Waals surface area contributed by atoms with E-state index in [-0.39, 0.29) is 10.6 Å². The predicted octanol–water partition coefficient (Wildman–Crippen LogP) is 4.92. The molecule has 35 heavy (non-hydrogen) atoms. The molecule has 1 aliphatic rings. The molecule has 0 spiro atoms. The standard InChI is InChI=1S/C20H21ClFN7O2S.C3H6/c1-10(28-32(31)20(2,3)4)15-18(22)17(21)16(11-5-25-27-19(11)15)12-7-29-8-13(24-9-30)26-14(29)6-23-12;1-2-3-1/h5-10,28H,1-4H3,(H,24,30)(H,25,27);1-3H2. The van der Waals surface area contributed by atoms with Gasteiger partial charge in [0, 0.05) is 28.8 Å². The van der Waals surface area contributed by atoms with Gasteiger partial charge in [0.2, 0.25) is 6.41 Å². The SMILES string of the molecule is C1CC1.CC(NS(=O)C(C)(C)C)c1c(F)c(Cl)c(-c2cn3cc(NC=O)nc3cn2)c2cn[nH]c12. The second-order valence-electron chi connectivity index (χ2n) is 9.28. The summed E-state index contributed by atoms with van der Waals surface area (Å²) in [5.74, 6) is -0.299. The number of aromatic nitrogens is 5. The first kappa shape index (κ1) is 25.2. The molecular weight excluding hydrogens is 493 g/mol. The van der Waals surface area contributed by atoms with E-state index in [2.05, 4.69) is 30.2 Å². The van der Waals surface area contributed by atoms with Crippen LogP contribution < -0.4 is 10.0 Å². The first-order chi connectivity index (χ1) is 16.6. The Morgan fingerprint density at radius 1 is 1.26 bits per heavy atom. The van der Waals surface area contributed by atoms with Gasteiger partial charge in [-0.1, -0.05) is 30.9 Å². The number of fused-ring (bicyclic) bond motifs is 2. The molecule has 186 valence electrons. The molecule has 2 atom stereocenters. The van der Waals surface area contributed by atoms with E-state index in [1.165, 1.54) is 25.5 Å². The lowest BCUT2D eigenvalue weighted by atomic mass is 9.99. The van der Waals surface area contributed by atoms with Crippen molar-refractivity contribution in [3.8, 4) is 11.3 Å². The number of nitrogens with zero attached hydrogens (tertiary/aromatic N) is 4. The Morgan fingerprint density at radius 3 is 2.60 bits per heavy atom. The first-order valence-corrected chi connectivity index (χ1v) is 12.7. The fraction of sp³-hybridized carbons (Fsp3) is 0.391. The highest BCUT2D eigenvalue weighted by molar-refractivity contribution is 7.84. The van der Waals surface area contributed by atoms with Gasteiger partial charge in [-0.2, -0.15) is 5.10 Å². The van der Waals surface area contributed by atoms with Gasteiger partial charge in [-0.3, -0.25) is 14.9 Å². The second kappa shape index (κ2) is 10.00. The third-order valence-electron chi connectivity index (χ3n) is 5.26. The van der Waals surface area contributed by atoms with Gasteiger partial charge in [0.05, 0.1) is 50.6 Å². The quantitative estimate of drug-likeness (QED) is 0.313. The van der Waals surface area contributed by atoms with Crippen molar-refractivity contribution in [1.29, 1.82) is 0 Å². The van der Waals surface area contributed by atoms with Crippen molar-refractivity contribution in [3.05, 3.63) is 41.2 Å². The molecular formula is C23H27ClFN7O2S. The van der Waals surface area contributed by atoms with E-state index in [0.717, 1.165) is 0 Å². The Kier molecular flexibility index (Phi) is 7.20. The van der Waals surface area contributed by atoms with E-state index < -0.39 is 27.6 Å². The monoisotopic (exact) mass is 519 g/mol. The number of imidazole rings is 1. The molecule has 1 saturated carbocycles. The second-order valence-corrected chi connectivity index (χ2v) is 11.7. The maximum Gasteiger partial charge on any atom is 0.212 e. The Hall–Kier alpha value is -2.89. The summed E-state index contributed by atoms with van der Waals surface area (Å²) in [6.45, 7) is 7.20. The fourth-order valence-corrected chi connectivity index (χ4v) is 4.44. The summed E-state index contributed by atoms with van der Waals surface area (Å²) in [6, 6.07) is -0.606. The van der Waals surface area contributed by atoms with E-state index in [1.54, 1.807) is 29.9 Å². The van der Waals surface area contributed by atoms with E-state index in [4.69, 9.17) is 11.6 Å². The minimum atomic E-state index is -1.42. The van der Waals surface area contributed by atoms with Crippen LogP contribution in [0.1, 0.15) is 58.6 Å². The van der Waals surface area contributed by atoms with Crippen LogP contribution in [0.4, 0.5) is 10.2 Å². The molecule has 5 rings (SSSR count). The molecule has 3 heterocycles. The molecule has 0 radical (unpaired) electrons. The van der Waals surface area contributed by atoms with Crippen LogP contribution in [0.5, 0.6) is 0 Å². The molecule has 1 aromatic carbocycles. The van der Waals surface area contributed by atoms with Crippen molar-refractivity contribution in [3.63, 3.8) is 0 Å². The highest BCUT2D eigenvalue weighted by Crippen LogP contribution is 2.40. The number of hydrogen-bond acceptors (Lipinski definition) is 5. The Bertz CT molecular complexity index is 1410. The van der Waals surface area contributed by atoms with Crippen LogP contribution in [0, 0.1) is 5.82 Å². The number of nitrogens with one attached hydrogen (secondary N) is 3. The van der Waals surface area contributed by atoms with Gasteiger partial charge in [-0.15, -0.1) is 0 Å². The zero-order valence-corrected chi connectivity index (χ0v) is 21.4. The van der Waals surface area contributed by atoms with Crippen molar-refractivity contribution in [2.75, 3.05) is 5.32 Å². The minimum Gasteiger partial charge on any atom is -0.312 e. The van der Waals surface area contributed by atoms with Crippen LogP contribution in [0.15, 0.2) is 24.8 Å². The van der Waals surface area contributed by atoms with Crippen molar-refractivity contribution >= 4 is 51.4 Å². The van der Waals surface area contributed by atoms with E-state index in [9.17, 15) is 9.00 Å². The number of amides is 1. The third-order valence-corrected chi connectivity index (χ3v) is 7.29. The summed E-state index contributed by atoms with van der Waals surface area (Å²) in [5, 5.41) is 9.84. The van der Waals surface area contributed by atoms with Crippen LogP contribution >= 0.6 is 11.6 Å². The Labute approximate surface area is 209 Å². The number of rotatable bonds is 6. The largest absolute Gasteiger partial charge is 0.312 e. The summed E-state index contributed by atoms with van der Waals surface area (Å²) in [4.78, 5) is 19.3. The molecule has 3 N–H and O–H groups in total. The number of carbonyl (C=O) groups excluding carboxylic acids is 1. The highest BCUT2D eigenvalue weighted by atomic mass is 35.5. The minimum absolute atomic E-state index is 0.123. The molecule has 9 nitrogen and oxygen atoms in total. The van der Waals surface area contributed by atoms with Crippen molar-refractivity contribution < 1.29 is 13.4 Å². The Morgan fingerprint density at radius 2 is 1.97 bits per heavy atom. The number of carbonyl (C=O) groups is 1. The number of hydrogen-bond donors (Lipinski definition) is 3. The average Bonchev–Trinajstić information content (AvgIpc) is 3.51. The summed E-state index contributed by atoms with van der Waals surface area (Å²) in [6.07, 6.45) is 11.3. The number of benzene rings is 1. The Balaban J connectivity index is 0.000000894. The topological polar surface area (TPSA) is 117 Å². The smallest absolute Gasteiger partial charge is 0.212 e. The molecule has 1 amide bonds. The van der Waals surface area contributed by atoms with Gasteiger partial charge in [0.15, 0.2) is 11.5 Å². The van der Waals surface area contributed by atoms with Gasteiger partial charge in [0.25, 0.3) is 0 Å². The van der Waals surface area contributed by atoms with Crippen molar-refractivity contribution in [1.82, 2.24) is 29.3 Å². The lowest BCUT2D eigenvalue weighted by Gasteiger charge is -2.23. The molecule has 0 saturated heterocycles. The van der Waals surface area contributed by atoms with Gasteiger partial charge >= 0.3 is 0 Å². The summed E-state index contributed by atoms with van der Waals surface area (Å²) in [5.41, 5.74) is 1.93. The van der Waals surface area contributed by atoms with Gasteiger partial charge in [-0.05, 0) is 27.7 Å². The zero-order chi connectivity index (χ0) is 25.3. The lowest BCUT2D eigenvalue weighted by molar-refractivity contribution is -0.105. The van der Waals surface area contributed by atoms with Gasteiger partial charge in [-0.25, -0.2) is 18.3 Å². The molecule has 12 heteroatoms. The zero-order valence-electron chi connectivity index (χ0n) is 19.9. The fourth-order valence-electron chi connectivity index (χ4n) is 3.35. The van der Waals surface area contributed by atoms with E-state index >= 15 is 4.39 Å². The molecule has 0 aliphatic heterocycles. The number of halogens is 2. The molecule has 2 unspecified atom stereocenters. The first-order valence-electron chi connectivity index (χ1n) is 11.2. The van der Waals surface area contributed by atoms with E-state index in [0.29, 0.717) is 40.0 Å². The van der Waals surface area contributed by atoms with Crippen LogP contribution in [0.3, 0.4) is 0 Å². The number of aromatic amines is 1. The van der Waals surface area contributed by atoms with Crippen LogP contribution in [-0.2, 0) is 15.8 Å². The summed E-state index contributed by atoms with van der Waals surface area (Å²) < 4.78 is 32.2. The van der Waals surface area contributed by atoms with Crippen molar-refractivity contribution in [2.24, 2.45) is 0 Å². The van der Waals surface area contributed by atoms with Crippen molar-refractivity contribution in [2.45, 2.75) is 57.7 Å². The molecule has 4 aromatic rings. The van der Waals surface area contributed by atoms with Crippen LogP contribution in [-0.4, -0.2) is 39.9 Å². The lowest BCUT2D eigenvalue weighted by Crippen LogP contribution is -2.35. The third kappa shape index (κ3) is 5.36. The van der Waals surface area contributed by atoms with E-state index in [1.807, 2.05) is 20.8 Å². The molecule has 0 bridgehead atoms. The van der Waals surface area contributed by atoms with Crippen LogP contribution in [0.2, 0.25) is 5.02 Å². The maximum atomic E-state index is 15.6. The van der Waals surface area contributed by atoms with Gasteiger partial charge in [0.1, 0.15) is 5.82 Å². The molecule has 1 fully saturated rings. The maximum absolute atomic E-state index is 15.6. The van der Waals surface area contributed by atoms with Gasteiger partial charge < -0.3 is 9.72 Å². The summed E-state index contributed by atoms with van der Waals surface area (Å²) in [7, 11) is -1.42. The summed E-state index contributed by atoms with van der Waals surface area (Å²) >= 11 is 6.50. The molecule has 3 aromatic heterocycles. The highest BCUT2D eigenvalue weighted by Gasteiger charge is 2.28. The predicted molar refractivity (Wildman–Crippen MR) is 136 cm³/mol. The normalized spacial score (nSPS) is 14.9.